The Hall–Kier alpha value is 0.730. The summed E-state index contributed by atoms with van der Waals surface area (Å²) in [6.45, 7) is 2.35. The molecule has 1 atom stereocenters. The van der Waals surface area contributed by atoms with Gasteiger partial charge in [-0.3, -0.25) is 0 Å². The lowest BCUT2D eigenvalue weighted by molar-refractivity contribution is 0.222. The second-order valence-corrected chi connectivity index (χ2v) is 5.86. The lowest BCUT2D eigenvalue weighted by Crippen LogP contribution is -2.18. The number of hydrogen-bond acceptors (Lipinski definition) is 0. The standard InChI is InChI=1S/C13H25I/c1-2-7-12(10-6-11-14)13-8-4-3-5-9-13/h12-13H,2-11H2,1H3. The van der Waals surface area contributed by atoms with E-state index in [-0.39, 0.29) is 0 Å². The fraction of sp³-hybridized carbons (Fsp3) is 1.00. The normalized spacial score (nSPS) is 21.0. The molecule has 0 aliphatic heterocycles. The third-order valence-electron chi connectivity index (χ3n) is 3.68. The molecule has 1 saturated carbocycles. The predicted molar refractivity (Wildman–Crippen MR) is 73.1 cm³/mol. The minimum Gasteiger partial charge on any atom is -0.0864 e. The van der Waals surface area contributed by atoms with Crippen molar-refractivity contribution in [3.63, 3.8) is 0 Å². The first-order valence-corrected chi connectivity index (χ1v) is 7.97. The van der Waals surface area contributed by atoms with E-state index in [4.69, 9.17) is 0 Å². The number of halogens is 1. The highest BCUT2D eigenvalue weighted by Crippen LogP contribution is 2.34. The van der Waals surface area contributed by atoms with Gasteiger partial charge in [-0.25, -0.2) is 0 Å². The molecular weight excluding hydrogens is 283 g/mol. The molecule has 1 rings (SSSR count). The Morgan fingerprint density at radius 3 is 2.43 bits per heavy atom. The molecule has 1 heteroatoms. The van der Waals surface area contributed by atoms with Gasteiger partial charge >= 0.3 is 0 Å². The number of hydrogen-bond donors (Lipinski definition) is 0. The van der Waals surface area contributed by atoms with E-state index in [2.05, 4.69) is 29.5 Å². The predicted octanol–water partition coefficient (Wildman–Crippen LogP) is 5.20. The monoisotopic (exact) mass is 308 g/mol. The first kappa shape index (κ1) is 12.8. The van der Waals surface area contributed by atoms with Crippen LogP contribution in [0.4, 0.5) is 0 Å². The van der Waals surface area contributed by atoms with Crippen molar-refractivity contribution in [1.29, 1.82) is 0 Å². The summed E-state index contributed by atoms with van der Waals surface area (Å²) in [6.07, 6.45) is 13.4. The molecule has 0 aromatic heterocycles. The topological polar surface area (TPSA) is 0 Å². The van der Waals surface area contributed by atoms with E-state index >= 15 is 0 Å². The van der Waals surface area contributed by atoms with Crippen molar-refractivity contribution < 1.29 is 0 Å². The zero-order valence-corrected chi connectivity index (χ0v) is 11.8. The summed E-state index contributed by atoms with van der Waals surface area (Å²) in [5.74, 6) is 2.15. The summed E-state index contributed by atoms with van der Waals surface area (Å²) < 4.78 is 1.35. The summed E-state index contributed by atoms with van der Waals surface area (Å²) in [5.41, 5.74) is 0. The van der Waals surface area contributed by atoms with E-state index in [0.717, 1.165) is 11.8 Å². The Balaban J connectivity index is 2.30. The Labute approximate surface area is 103 Å². The molecule has 84 valence electrons. The van der Waals surface area contributed by atoms with Crippen molar-refractivity contribution in [3.8, 4) is 0 Å². The van der Waals surface area contributed by atoms with Crippen molar-refractivity contribution in [1.82, 2.24) is 0 Å². The van der Waals surface area contributed by atoms with Crippen molar-refractivity contribution in [2.75, 3.05) is 4.43 Å². The van der Waals surface area contributed by atoms with Gasteiger partial charge in [-0.05, 0) is 29.1 Å². The van der Waals surface area contributed by atoms with Gasteiger partial charge in [0.25, 0.3) is 0 Å². The van der Waals surface area contributed by atoms with Crippen LogP contribution in [0.15, 0.2) is 0 Å². The molecule has 0 saturated heterocycles. The highest BCUT2D eigenvalue weighted by atomic mass is 127. The summed E-state index contributed by atoms with van der Waals surface area (Å²) in [4.78, 5) is 0. The van der Waals surface area contributed by atoms with Crippen LogP contribution in [-0.2, 0) is 0 Å². The molecule has 0 bridgehead atoms. The third-order valence-corrected chi connectivity index (χ3v) is 4.45. The van der Waals surface area contributed by atoms with Gasteiger partial charge in [0.05, 0.1) is 0 Å². The molecule has 0 amide bonds. The Kier molecular flexibility index (Phi) is 7.27. The number of alkyl halides is 1. The summed E-state index contributed by atoms with van der Waals surface area (Å²) in [7, 11) is 0. The first-order valence-electron chi connectivity index (χ1n) is 6.44. The van der Waals surface area contributed by atoms with Crippen LogP contribution in [0.3, 0.4) is 0 Å². The Bertz CT molecular complexity index is 127. The molecule has 1 unspecified atom stereocenters. The molecule has 0 N–H and O–H groups in total. The van der Waals surface area contributed by atoms with E-state index in [1.165, 1.54) is 62.2 Å². The van der Waals surface area contributed by atoms with Crippen LogP contribution in [0, 0.1) is 11.8 Å². The van der Waals surface area contributed by atoms with E-state index in [1.54, 1.807) is 0 Å². The van der Waals surface area contributed by atoms with Gasteiger partial charge in [0.15, 0.2) is 0 Å². The van der Waals surface area contributed by atoms with E-state index in [9.17, 15) is 0 Å². The average Bonchev–Trinajstić information content (AvgIpc) is 2.25. The molecule has 0 aromatic carbocycles. The molecule has 1 aliphatic rings. The largest absolute Gasteiger partial charge is 0.0864 e. The summed E-state index contributed by atoms with van der Waals surface area (Å²) in [5, 5.41) is 0. The molecular formula is C13H25I. The van der Waals surface area contributed by atoms with Gasteiger partial charge in [-0.2, -0.15) is 0 Å². The second-order valence-electron chi connectivity index (χ2n) is 4.78. The van der Waals surface area contributed by atoms with Crippen molar-refractivity contribution in [2.45, 2.75) is 64.7 Å². The van der Waals surface area contributed by atoms with Crippen LogP contribution in [-0.4, -0.2) is 4.43 Å². The van der Waals surface area contributed by atoms with Gasteiger partial charge in [0.1, 0.15) is 0 Å². The second kappa shape index (κ2) is 7.95. The Morgan fingerprint density at radius 2 is 1.86 bits per heavy atom. The van der Waals surface area contributed by atoms with Gasteiger partial charge in [0.2, 0.25) is 0 Å². The van der Waals surface area contributed by atoms with Gasteiger partial charge in [-0.1, -0.05) is 74.5 Å². The first-order chi connectivity index (χ1) is 6.88. The number of rotatable bonds is 6. The maximum Gasteiger partial charge on any atom is -0.000462 e. The van der Waals surface area contributed by atoms with E-state index in [0.29, 0.717) is 0 Å². The lowest BCUT2D eigenvalue weighted by Gasteiger charge is -2.30. The molecule has 1 fully saturated rings. The van der Waals surface area contributed by atoms with Gasteiger partial charge < -0.3 is 0 Å². The molecule has 1 aliphatic carbocycles. The maximum absolute atomic E-state index is 2.52. The maximum atomic E-state index is 2.52. The summed E-state index contributed by atoms with van der Waals surface area (Å²) in [6, 6.07) is 0. The molecule has 0 nitrogen and oxygen atoms in total. The molecule has 0 radical (unpaired) electrons. The van der Waals surface area contributed by atoms with Gasteiger partial charge in [0, 0.05) is 0 Å². The zero-order valence-electron chi connectivity index (χ0n) is 9.60. The van der Waals surface area contributed by atoms with Crippen LogP contribution in [0.1, 0.15) is 64.7 Å². The highest BCUT2D eigenvalue weighted by Gasteiger charge is 2.22. The van der Waals surface area contributed by atoms with Crippen LogP contribution < -0.4 is 0 Å². The minimum absolute atomic E-state index is 1.06. The fourth-order valence-corrected chi connectivity index (χ4v) is 3.37. The summed E-state index contributed by atoms with van der Waals surface area (Å²) >= 11 is 2.52. The van der Waals surface area contributed by atoms with Crippen LogP contribution >= 0.6 is 22.6 Å². The SMILES string of the molecule is CCCC(CCCI)C1CCCCC1. The van der Waals surface area contributed by atoms with Crippen molar-refractivity contribution in [2.24, 2.45) is 11.8 Å². The van der Waals surface area contributed by atoms with Crippen molar-refractivity contribution >= 4 is 22.6 Å². The smallest absolute Gasteiger partial charge is 0.000462 e. The lowest BCUT2D eigenvalue weighted by atomic mass is 9.76. The van der Waals surface area contributed by atoms with Gasteiger partial charge in [-0.15, -0.1) is 0 Å². The molecule has 0 spiro atoms. The molecule has 0 heterocycles. The quantitative estimate of drug-likeness (QED) is 0.467. The average molecular weight is 308 g/mol. The van der Waals surface area contributed by atoms with Crippen LogP contribution in [0.2, 0.25) is 0 Å². The molecule has 14 heavy (non-hydrogen) atoms. The van der Waals surface area contributed by atoms with Crippen LogP contribution in [0.5, 0.6) is 0 Å². The van der Waals surface area contributed by atoms with E-state index in [1.807, 2.05) is 0 Å². The fourth-order valence-electron chi connectivity index (χ4n) is 2.93. The zero-order chi connectivity index (χ0) is 10.2. The van der Waals surface area contributed by atoms with Crippen molar-refractivity contribution in [3.05, 3.63) is 0 Å². The van der Waals surface area contributed by atoms with Crippen LogP contribution in [0.25, 0.3) is 0 Å². The molecule has 0 aromatic rings. The van der Waals surface area contributed by atoms with E-state index < -0.39 is 0 Å². The minimum atomic E-state index is 1.06. The third kappa shape index (κ3) is 4.50. The Morgan fingerprint density at radius 1 is 1.14 bits per heavy atom. The highest BCUT2D eigenvalue weighted by molar-refractivity contribution is 14.1.